The number of hydrogen-bond acceptors (Lipinski definition) is 2. The molecule has 0 unspecified atom stereocenters. The molecule has 1 aliphatic rings. The van der Waals surface area contributed by atoms with Crippen LogP contribution in [0.1, 0.15) is 45.4 Å². The van der Waals surface area contributed by atoms with Gasteiger partial charge in [-0.3, -0.25) is 9.67 Å². The van der Waals surface area contributed by atoms with Crippen molar-refractivity contribution in [3.63, 3.8) is 0 Å². The van der Waals surface area contributed by atoms with Gasteiger partial charge >= 0.3 is 0 Å². The molecule has 14 heavy (non-hydrogen) atoms. The standard InChI is InChI=1S/C10H17N3S/c1-3-8-11-12-9(14)13(8)10(4-2)6-5-7-10/h3-7H2,1-2H3,(H,12,14). The van der Waals surface area contributed by atoms with Crippen molar-refractivity contribution in [2.45, 2.75) is 51.5 Å². The summed E-state index contributed by atoms with van der Waals surface area (Å²) in [4.78, 5) is 0. The van der Waals surface area contributed by atoms with Crippen molar-refractivity contribution in [1.29, 1.82) is 0 Å². The maximum absolute atomic E-state index is 5.30. The lowest BCUT2D eigenvalue weighted by atomic mass is 9.74. The first-order chi connectivity index (χ1) is 6.73. The van der Waals surface area contributed by atoms with Crippen LogP contribution in [0.15, 0.2) is 0 Å². The van der Waals surface area contributed by atoms with E-state index in [1.165, 1.54) is 19.3 Å². The van der Waals surface area contributed by atoms with Crippen LogP contribution in [0.25, 0.3) is 0 Å². The lowest BCUT2D eigenvalue weighted by Crippen LogP contribution is -2.41. The Bertz CT molecular complexity index is 367. The fourth-order valence-electron chi connectivity index (χ4n) is 2.38. The second kappa shape index (κ2) is 3.50. The van der Waals surface area contributed by atoms with Gasteiger partial charge in [0.1, 0.15) is 5.82 Å². The van der Waals surface area contributed by atoms with E-state index >= 15 is 0 Å². The van der Waals surface area contributed by atoms with Crippen molar-refractivity contribution < 1.29 is 0 Å². The van der Waals surface area contributed by atoms with Crippen LogP contribution in [0.3, 0.4) is 0 Å². The van der Waals surface area contributed by atoms with Crippen LogP contribution in [0.4, 0.5) is 0 Å². The summed E-state index contributed by atoms with van der Waals surface area (Å²) in [7, 11) is 0. The molecule has 0 amide bonds. The summed E-state index contributed by atoms with van der Waals surface area (Å²) in [6, 6.07) is 0. The van der Waals surface area contributed by atoms with Crippen molar-refractivity contribution in [2.24, 2.45) is 0 Å². The minimum atomic E-state index is 0.287. The number of aromatic nitrogens is 3. The zero-order valence-electron chi connectivity index (χ0n) is 8.84. The molecule has 0 saturated heterocycles. The predicted molar refractivity (Wildman–Crippen MR) is 58.9 cm³/mol. The van der Waals surface area contributed by atoms with Gasteiger partial charge in [0.25, 0.3) is 0 Å². The maximum Gasteiger partial charge on any atom is 0.195 e. The summed E-state index contributed by atoms with van der Waals surface area (Å²) in [5.41, 5.74) is 0.287. The molecule has 1 aliphatic carbocycles. The van der Waals surface area contributed by atoms with Crippen LogP contribution in [-0.2, 0) is 12.0 Å². The lowest BCUT2D eigenvalue weighted by Gasteiger charge is -2.43. The van der Waals surface area contributed by atoms with E-state index in [9.17, 15) is 0 Å². The average Bonchev–Trinajstić information content (AvgIpc) is 2.48. The molecule has 3 nitrogen and oxygen atoms in total. The third kappa shape index (κ3) is 1.24. The minimum absolute atomic E-state index is 0.287. The van der Waals surface area contributed by atoms with Crippen LogP contribution >= 0.6 is 12.2 Å². The first kappa shape index (κ1) is 9.90. The second-order valence-corrected chi connectivity index (χ2v) is 4.45. The molecular formula is C10H17N3S. The predicted octanol–water partition coefficient (Wildman–Crippen LogP) is 2.79. The molecule has 0 spiro atoms. The van der Waals surface area contributed by atoms with Gasteiger partial charge in [0.2, 0.25) is 0 Å². The molecule has 1 aromatic rings. The highest BCUT2D eigenvalue weighted by atomic mass is 32.1. The zero-order valence-corrected chi connectivity index (χ0v) is 9.65. The fraction of sp³-hybridized carbons (Fsp3) is 0.800. The number of hydrogen-bond donors (Lipinski definition) is 1. The van der Waals surface area contributed by atoms with Crippen LogP contribution < -0.4 is 0 Å². The summed E-state index contributed by atoms with van der Waals surface area (Å²) in [6.45, 7) is 4.37. The van der Waals surface area contributed by atoms with Crippen molar-refractivity contribution >= 4 is 12.2 Å². The van der Waals surface area contributed by atoms with Gasteiger partial charge in [0, 0.05) is 12.0 Å². The molecule has 0 bridgehead atoms. The number of nitrogens with one attached hydrogen (secondary N) is 1. The Morgan fingerprint density at radius 2 is 2.21 bits per heavy atom. The molecular weight excluding hydrogens is 194 g/mol. The molecule has 1 heterocycles. The molecule has 0 aliphatic heterocycles. The first-order valence-corrected chi connectivity index (χ1v) is 5.81. The average molecular weight is 211 g/mol. The van der Waals surface area contributed by atoms with Crippen LogP contribution in [0, 0.1) is 4.77 Å². The van der Waals surface area contributed by atoms with Gasteiger partial charge in [-0.1, -0.05) is 13.8 Å². The summed E-state index contributed by atoms with van der Waals surface area (Å²) in [5, 5.41) is 7.19. The molecule has 4 heteroatoms. The van der Waals surface area contributed by atoms with Crippen LogP contribution in [0.5, 0.6) is 0 Å². The lowest BCUT2D eigenvalue weighted by molar-refractivity contribution is 0.130. The Hall–Kier alpha value is -0.640. The second-order valence-electron chi connectivity index (χ2n) is 4.07. The third-order valence-corrected chi connectivity index (χ3v) is 3.75. The summed E-state index contributed by atoms with van der Waals surface area (Å²) >= 11 is 5.30. The Kier molecular flexibility index (Phi) is 2.47. The van der Waals surface area contributed by atoms with E-state index in [4.69, 9.17) is 12.2 Å². The SMILES string of the molecule is CCc1n[nH]c(=S)n1C1(CC)CCC1. The quantitative estimate of drug-likeness (QED) is 0.780. The molecule has 0 aromatic carbocycles. The number of H-pyrrole nitrogens is 1. The van der Waals surface area contributed by atoms with E-state index in [2.05, 4.69) is 28.6 Å². The minimum Gasteiger partial charge on any atom is -0.298 e. The zero-order chi connectivity index (χ0) is 10.2. The Morgan fingerprint density at radius 1 is 1.50 bits per heavy atom. The molecule has 0 atom stereocenters. The Morgan fingerprint density at radius 3 is 2.64 bits per heavy atom. The number of nitrogens with zero attached hydrogens (tertiary/aromatic N) is 2. The Balaban J connectivity index is 2.48. The summed E-state index contributed by atoms with van der Waals surface area (Å²) in [5.74, 6) is 1.11. The highest BCUT2D eigenvalue weighted by Gasteiger charge is 2.38. The van der Waals surface area contributed by atoms with E-state index in [1.807, 2.05) is 0 Å². The summed E-state index contributed by atoms with van der Waals surface area (Å²) < 4.78 is 3.05. The Labute approximate surface area is 89.5 Å². The van der Waals surface area contributed by atoms with Crippen LogP contribution in [0.2, 0.25) is 0 Å². The van der Waals surface area contributed by atoms with Gasteiger partial charge in [-0.25, -0.2) is 0 Å². The van der Waals surface area contributed by atoms with Crippen LogP contribution in [-0.4, -0.2) is 14.8 Å². The van der Waals surface area contributed by atoms with Gasteiger partial charge in [-0.05, 0) is 37.9 Å². The molecule has 2 rings (SSSR count). The van der Waals surface area contributed by atoms with Gasteiger partial charge in [-0.2, -0.15) is 5.10 Å². The molecule has 0 radical (unpaired) electrons. The van der Waals surface area contributed by atoms with E-state index < -0.39 is 0 Å². The summed E-state index contributed by atoms with van der Waals surface area (Å²) in [6.07, 6.45) is 5.95. The van der Waals surface area contributed by atoms with E-state index in [1.54, 1.807) is 0 Å². The van der Waals surface area contributed by atoms with Crippen molar-refractivity contribution in [3.8, 4) is 0 Å². The topological polar surface area (TPSA) is 33.6 Å². The van der Waals surface area contributed by atoms with E-state index in [0.29, 0.717) is 0 Å². The van der Waals surface area contributed by atoms with Crippen molar-refractivity contribution in [3.05, 3.63) is 10.6 Å². The monoisotopic (exact) mass is 211 g/mol. The largest absolute Gasteiger partial charge is 0.298 e. The number of aromatic amines is 1. The fourth-order valence-corrected chi connectivity index (χ4v) is 2.72. The molecule has 1 fully saturated rings. The first-order valence-electron chi connectivity index (χ1n) is 5.40. The molecule has 1 aromatic heterocycles. The van der Waals surface area contributed by atoms with Gasteiger partial charge in [-0.15, -0.1) is 0 Å². The van der Waals surface area contributed by atoms with Crippen molar-refractivity contribution in [2.75, 3.05) is 0 Å². The third-order valence-electron chi connectivity index (χ3n) is 3.47. The normalized spacial score (nSPS) is 19.3. The smallest absolute Gasteiger partial charge is 0.195 e. The van der Waals surface area contributed by atoms with E-state index in [0.717, 1.165) is 23.4 Å². The van der Waals surface area contributed by atoms with Gasteiger partial charge in [0.15, 0.2) is 4.77 Å². The molecule has 78 valence electrons. The number of aryl methyl sites for hydroxylation is 1. The van der Waals surface area contributed by atoms with Crippen molar-refractivity contribution in [1.82, 2.24) is 14.8 Å². The maximum atomic E-state index is 5.30. The molecule has 1 N–H and O–H groups in total. The highest BCUT2D eigenvalue weighted by molar-refractivity contribution is 7.71. The highest BCUT2D eigenvalue weighted by Crippen LogP contribution is 2.42. The van der Waals surface area contributed by atoms with Gasteiger partial charge in [0.05, 0.1) is 0 Å². The molecule has 1 saturated carbocycles. The van der Waals surface area contributed by atoms with E-state index in [-0.39, 0.29) is 5.54 Å². The number of rotatable bonds is 3. The van der Waals surface area contributed by atoms with Gasteiger partial charge < -0.3 is 0 Å².